The second-order valence-corrected chi connectivity index (χ2v) is 5.97. The summed E-state index contributed by atoms with van der Waals surface area (Å²) in [5, 5.41) is 0. The molecule has 0 saturated carbocycles. The Morgan fingerprint density at radius 3 is 2.19 bits per heavy atom. The van der Waals surface area contributed by atoms with Gasteiger partial charge in [-0.25, -0.2) is 4.79 Å². The summed E-state index contributed by atoms with van der Waals surface area (Å²) in [5.74, 6) is -0.885. The number of amides is 2. The lowest BCUT2D eigenvalue weighted by Crippen LogP contribution is -2.47. The highest BCUT2D eigenvalue weighted by molar-refractivity contribution is 5.97. The maximum absolute atomic E-state index is 12.1. The fraction of sp³-hybridized carbons (Fsp3) is 0.250. The average molecular weight is 370 g/mol. The summed E-state index contributed by atoms with van der Waals surface area (Å²) in [7, 11) is 1.28. The van der Waals surface area contributed by atoms with Crippen molar-refractivity contribution in [1.29, 1.82) is 0 Å². The highest BCUT2D eigenvalue weighted by Gasteiger charge is 2.17. The van der Waals surface area contributed by atoms with E-state index in [1.807, 2.05) is 26.0 Å². The number of aryl methyl sites for hydroxylation is 1. The van der Waals surface area contributed by atoms with Crippen LogP contribution in [0.2, 0.25) is 0 Å². The van der Waals surface area contributed by atoms with Crippen LogP contribution in [0, 0.1) is 13.8 Å². The van der Waals surface area contributed by atoms with Gasteiger partial charge in [0.15, 0.2) is 6.10 Å². The van der Waals surface area contributed by atoms with Crippen molar-refractivity contribution < 1.29 is 23.9 Å². The Morgan fingerprint density at radius 2 is 1.56 bits per heavy atom. The lowest BCUT2D eigenvalue weighted by atomic mass is 10.1. The minimum atomic E-state index is -0.799. The highest BCUT2D eigenvalue weighted by atomic mass is 16.5. The third kappa shape index (κ3) is 5.07. The summed E-state index contributed by atoms with van der Waals surface area (Å²) in [6.07, 6.45) is -0.799. The summed E-state index contributed by atoms with van der Waals surface area (Å²) in [5.41, 5.74) is 7.27. The van der Waals surface area contributed by atoms with Crippen molar-refractivity contribution in [3.05, 3.63) is 64.7 Å². The van der Waals surface area contributed by atoms with Crippen LogP contribution in [0.25, 0.3) is 0 Å². The van der Waals surface area contributed by atoms with Crippen molar-refractivity contribution in [2.75, 3.05) is 7.11 Å². The first kappa shape index (κ1) is 20.0. The lowest BCUT2D eigenvalue weighted by Gasteiger charge is -2.17. The minimum absolute atomic E-state index is 0.283. The van der Waals surface area contributed by atoms with Crippen molar-refractivity contribution in [1.82, 2.24) is 10.9 Å². The Kier molecular flexibility index (Phi) is 6.54. The van der Waals surface area contributed by atoms with Gasteiger partial charge in [0.1, 0.15) is 5.75 Å². The van der Waals surface area contributed by atoms with Gasteiger partial charge in [-0.15, -0.1) is 0 Å². The number of carbonyl (C=O) groups is 3. The van der Waals surface area contributed by atoms with Crippen molar-refractivity contribution in [3.63, 3.8) is 0 Å². The Balaban J connectivity index is 1.91. The van der Waals surface area contributed by atoms with E-state index in [2.05, 4.69) is 15.6 Å². The van der Waals surface area contributed by atoms with Crippen LogP contribution in [-0.2, 0) is 9.53 Å². The van der Waals surface area contributed by atoms with Crippen LogP contribution in [0.3, 0.4) is 0 Å². The number of hydrazine groups is 1. The number of hydrogen-bond donors (Lipinski definition) is 2. The number of hydrogen-bond acceptors (Lipinski definition) is 5. The normalized spacial score (nSPS) is 11.3. The molecule has 1 atom stereocenters. The van der Waals surface area contributed by atoms with E-state index in [1.165, 1.54) is 31.4 Å². The monoisotopic (exact) mass is 370 g/mol. The molecule has 2 aromatic rings. The molecule has 0 saturated heterocycles. The summed E-state index contributed by atoms with van der Waals surface area (Å²) in [6.45, 7) is 5.46. The van der Waals surface area contributed by atoms with Crippen LogP contribution in [0.15, 0.2) is 42.5 Å². The van der Waals surface area contributed by atoms with Crippen LogP contribution in [-0.4, -0.2) is 31.0 Å². The largest absolute Gasteiger partial charge is 0.481 e. The zero-order chi connectivity index (χ0) is 20.0. The first-order valence-corrected chi connectivity index (χ1v) is 8.35. The third-order valence-electron chi connectivity index (χ3n) is 4.10. The van der Waals surface area contributed by atoms with Gasteiger partial charge in [-0.3, -0.25) is 20.4 Å². The van der Waals surface area contributed by atoms with Crippen molar-refractivity contribution in [2.45, 2.75) is 26.9 Å². The second kappa shape index (κ2) is 8.84. The summed E-state index contributed by atoms with van der Waals surface area (Å²) in [4.78, 5) is 35.6. The van der Waals surface area contributed by atoms with Crippen LogP contribution < -0.4 is 15.6 Å². The fourth-order valence-corrected chi connectivity index (χ4v) is 2.26. The molecule has 2 aromatic carbocycles. The quantitative estimate of drug-likeness (QED) is 0.622. The van der Waals surface area contributed by atoms with E-state index < -0.39 is 23.9 Å². The predicted octanol–water partition coefficient (Wildman–Crippen LogP) is 2.32. The Hall–Kier alpha value is -3.35. The Bertz CT molecular complexity index is 846. The maximum atomic E-state index is 12.1. The number of nitrogens with one attached hydrogen (secondary N) is 2. The Labute approximate surface area is 157 Å². The van der Waals surface area contributed by atoms with E-state index in [0.29, 0.717) is 11.3 Å². The molecule has 7 heteroatoms. The molecule has 2 rings (SSSR count). The molecule has 0 fully saturated rings. The van der Waals surface area contributed by atoms with E-state index >= 15 is 0 Å². The zero-order valence-electron chi connectivity index (χ0n) is 15.7. The molecule has 0 spiro atoms. The van der Waals surface area contributed by atoms with E-state index in [9.17, 15) is 14.4 Å². The molecule has 0 aliphatic rings. The third-order valence-corrected chi connectivity index (χ3v) is 4.10. The van der Waals surface area contributed by atoms with Crippen LogP contribution >= 0.6 is 0 Å². The van der Waals surface area contributed by atoms with Gasteiger partial charge in [0, 0.05) is 5.56 Å². The topological polar surface area (TPSA) is 93.7 Å². The number of methoxy groups -OCH3 is 1. The van der Waals surface area contributed by atoms with Gasteiger partial charge in [0.05, 0.1) is 12.7 Å². The van der Waals surface area contributed by atoms with Crippen molar-refractivity contribution in [3.8, 4) is 5.75 Å². The van der Waals surface area contributed by atoms with Gasteiger partial charge in [-0.05, 0) is 62.2 Å². The summed E-state index contributed by atoms with van der Waals surface area (Å²) in [6, 6.07) is 11.4. The van der Waals surface area contributed by atoms with Gasteiger partial charge < -0.3 is 9.47 Å². The number of benzene rings is 2. The second-order valence-electron chi connectivity index (χ2n) is 5.97. The van der Waals surface area contributed by atoms with Gasteiger partial charge >= 0.3 is 5.97 Å². The van der Waals surface area contributed by atoms with Gasteiger partial charge in [-0.1, -0.05) is 12.1 Å². The number of rotatable bonds is 5. The highest BCUT2D eigenvalue weighted by Crippen LogP contribution is 2.21. The molecule has 0 aliphatic carbocycles. The smallest absolute Gasteiger partial charge is 0.337 e. The fourth-order valence-electron chi connectivity index (χ4n) is 2.26. The van der Waals surface area contributed by atoms with Crippen molar-refractivity contribution >= 4 is 17.8 Å². The molecule has 27 heavy (non-hydrogen) atoms. The summed E-state index contributed by atoms with van der Waals surface area (Å²) < 4.78 is 10.3. The molecule has 0 aliphatic heterocycles. The molecule has 2 N–H and O–H groups in total. The molecule has 7 nitrogen and oxygen atoms in total. The zero-order valence-corrected chi connectivity index (χ0v) is 15.7. The molecule has 0 bridgehead atoms. The first-order chi connectivity index (χ1) is 12.8. The summed E-state index contributed by atoms with van der Waals surface area (Å²) >= 11 is 0. The van der Waals surface area contributed by atoms with E-state index in [1.54, 1.807) is 13.0 Å². The Morgan fingerprint density at radius 1 is 0.926 bits per heavy atom. The predicted molar refractivity (Wildman–Crippen MR) is 99.4 cm³/mol. The van der Waals surface area contributed by atoms with Gasteiger partial charge in [0.25, 0.3) is 11.8 Å². The van der Waals surface area contributed by atoms with Crippen LogP contribution in [0.4, 0.5) is 0 Å². The standard InChI is InChI=1S/C20H22N2O5/c1-12-6-5-7-17(13(12)2)27-14(3)18(23)21-22-19(24)15-8-10-16(11-9-15)20(25)26-4/h5-11,14H,1-4H3,(H,21,23)(H,22,24)/t14-/m1/s1. The SMILES string of the molecule is COC(=O)c1ccc(C(=O)NNC(=O)[C@@H](C)Oc2cccc(C)c2C)cc1. The molecule has 0 heterocycles. The van der Waals surface area contributed by atoms with Gasteiger partial charge in [-0.2, -0.15) is 0 Å². The number of ether oxygens (including phenoxy) is 2. The first-order valence-electron chi connectivity index (χ1n) is 8.35. The van der Waals surface area contributed by atoms with E-state index in [-0.39, 0.29) is 5.56 Å². The average Bonchev–Trinajstić information content (AvgIpc) is 2.68. The molecule has 2 amide bonds. The molecular formula is C20H22N2O5. The van der Waals surface area contributed by atoms with Crippen LogP contribution in [0.5, 0.6) is 5.75 Å². The maximum Gasteiger partial charge on any atom is 0.337 e. The molecular weight excluding hydrogens is 348 g/mol. The minimum Gasteiger partial charge on any atom is -0.481 e. The molecule has 0 radical (unpaired) electrons. The molecule has 142 valence electrons. The molecule has 0 unspecified atom stereocenters. The van der Waals surface area contributed by atoms with Gasteiger partial charge in [0.2, 0.25) is 0 Å². The molecule has 0 aromatic heterocycles. The lowest BCUT2D eigenvalue weighted by molar-refractivity contribution is -0.128. The number of carbonyl (C=O) groups excluding carboxylic acids is 3. The number of esters is 1. The van der Waals surface area contributed by atoms with Crippen LogP contribution in [0.1, 0.15) is 38.8 Å². The van der Waals surface area contributed by atoms with E-state index in [0.717, 1.165) is 11.1 Å². The van der Waals surface area contributed by atoms with Crippen molar-refractivity contribution in [2.24, 2.45) is 0 Å². The van der Waals surface area contributed by atoms with E-state index in [4.69, 9.17) is 4.74 Å².